The average Bonchev–Trinajstić information content (AvgIpc) is 2.33. The van der Waals surface area contributed by atoms with Crippen LogP contribution in [0.3, 0.4) is 0 Å². The lowest BCUT2D eigenvalue weighted by atomic mass is 10.00. The zero-order valence-corrected chi connectivity index (χ0v) is 10.8. The summed E-state index contributed by atoms with van der Waals surface area (Å²) >= 11 is 0. The molecule has 0 radical (unpaired) electrons. The quantitative estimate of drug-likeness (QED) is 0.922. The first-order valence-corrected chi connectivity index (χ1v) is 6.03. The minimum atomic E-state index is -0.899. The van der Waals surface area contributed by atoms with E-state index in [1.165, 1.54) is 0 Å². The molecule has 4 heteroatoms. The Morgan fingerprint density at radius 1 is 1.16 bits per heavy atom. The van der Waals surface area contributed by atoms with Crippen molar-refractivity contribution in [1.82, 2.24) is 4.98 Å². The number of aliphatic hydroxyl groups is 1. The molecule has 0 saturated carbocycles. The Balaban J connectivity index is 2.25. The van der Waals surface area contributed by atoms with E-state index in [0.29, 0.717) is 11.3 Å². The number of nitrogens with zero attached hydrogens (tertiary/aromatic N) is 1. The number of aliphatic hydroxyl groups excluding tert-OH is 1. The molecular formula is C15H15F2NO. The maximum Gasteiger partial charge on any atom is 0.126 e. The minimum Gasteiger partial charge on any atom is -0.388 e. The lowest BCUT2D eigenvalue weighted by molar-refractivity contribution is 0.175. The van der Waals surface area contributed by atoms with Gasteiger partial charge in [0.15, 0.2) is 0 Å². The number of halogens is 2. The highest BCUT2D eigenvalue weighted by molar-refractivity contribution is 5.27. The lowest BCUT2D eigenvalue weighted by Gasteiger charge is -2.14. The predicted octanol–water partition coefficient (Wildman–Crippen LogP) is 3.25. The van der Waals surface area contributed by atoms with Gasteiger partial charge in [-0.2, -0.15) is 0 Å². The van der Waals surface area contributed by atoms with Gasteiger partial charge in [-0.1, -0.05) is 6.07 Å². The third-order valence-electron chi connectivity index (χ3n) is 3.05. The molecular weight excluding hydrogens is 248 g/mol. The van der Waals surface area contributed by atoms with E-state index in [1.807, 2.05) is 6.92 Å². The van der Waals surface area contributed by atoms with Gasteiger partial charge in [-0.15, -0.1) is 0 Å². The van der Waals surface area contributed by atoms with Gasteiger partial charge in [0, 0.05) is 23.4 Å². The summed E-state index contributed by atoms with van der Waals surface area (Å²) in [6.45, 7) is 3.64. The van der Waals surface area contributed by atoms with Gasteiger partial charge in [-0.25, -0.2) is 8.78 Å². The van der Waals surface area contributed by atoms with Crippen molar-refractivity contribution in [3.8, 4) is 0 Å². The van der Waals surface area contributed by atoms with E-state index in [4.69, 9.17) is 0 Å². The second kappa shape index (κ2) is 5.45. The predicted molar refractivity (Wildman–Crippen MR) is 68.7 cm³/mol. The summed E-state index contributed by atoms with van der Waals surface area (Å²) in [7, 11) is 0. The Labute approximate surface area is 110 Å². The molecule has 1 heterocycles. The summed E-state index contributed by atoms with van der Waals surface area (Å²) in [5, 5.41) is 10.1. The van der Waals surface area contributed by atoms with E-state index in [9.17, 15) is 13.9 Å². The molecule has 1 N–H and O–H groups in total. The Kier molecular flexibility index (Phi) is 3.90. The van der Waals surface area contributed by atoms with Crippen LogP contribution in [0.1, 0.15) is 28.6 Å². The molecule has 1 aromatic heterocycles. The van der Waals surface area contributed by atoms with Crippen LogP contribution < -0.4 is 0 Å². The molecule has 100 valence electrons. The van der Waals surface area contributed by atoms with Gasteiger partial charge in [0.2, 0.25) is 0 Å². The number of benzene rings is 1. The third-order valence-corrected chi connectivity index (χ3v) is 3.05. The molecule has 1 atom stereocenters. The van der Waals surface area contributed by atoms with Crippen LogP contribution in [0.2, 0.25) is 0 Å². The first-order chi connectivity index (χ1) is 8.97. The van der Waals surface area contributed by atoms with Crippen LogP contribution in [0.4, 0.5) is 8.78 Å². The fourth-order valence-corrected chi connectivity index (χ4v) is 2.07. The summed E-state index contributed by atoms with van der Waals surface area (Å²) in [5.74, 6) is -1.03. The van der Waals surface area contributed by atoms with Gasteiger partial charge in [0.05, 0.1) is 6.10 Å². The molecule has 1 aromatic carbocycles. The Hall–Kier alpha value is -1.81. The molecule has 0 amide bonds. The topological polar surface area (TPSA) is 33.1 Å². The fourth-order valence-electron chi connectivity index (χ4n) is 2.07. The summed E-state index contributed by atoms with van der Waals surface area (Å²) in [4.78, 5) is 4.25. The van der Waals surface area contributed by atoms with Crippen LogP contribution in [-0.2, 0) is 6.42 Å². The number of rotatable bonds is 3. The summed E-state index contributed by atoms with van der Waals surface area (Å²) in [6, 6.07) is 6.78. The molecule has 2 aromatic rings. The van der Waals surface area contributed by atoms with Crippen molar-refractivity contribution in [2.45, 2.75) is 26.4 Å². The lowest BCUT2D eigenvalue weighted by Crippen LogP contribution is -2.07. The van der Waals surface area contributed by atoms with Crippen molar-refractivity contribution in [2.75, 3.05) is 0 Å². The molecule has 0 aliphatic rings. The smallest absolute Gasteiger partial charge is 0.126 e. The Bertz CT molecular complexity index is 599. The van der Waals surface area contributed by atoms with Crippen molar-refractivity contribution in [1.29, 1.82) is 0 Å². The summed E-state index contributed by atoms with van der Waals surface area (Å²) < 4.78 is 26.6. The maximum absolute atomic E-state index is 13.5. The summed E-state index contributed by atoms with van der Waals surface area (Å²) in [5.41, 5.74) is 2.34. The standard InChI is InChI=1S/C15H15F2NO/c1-9-3-5-13(10(2)18-9)15(19)8-11-7-12(16)4-6-14(11)17/h3-7,15,19H,8H2,1-2H3. The highest BCUT2D eigenvalue weighted by Gasteiger charge is 2.15. The van der Waals surface area contributed by atoms with Gasteiger partial charge in [-0.05, 0) is 43.7 Å². The molecule has 0 bridgehead atoms. The zero-order valence-electron chi connectivity index (χ0n) is 10.8. The molecule has 0 spiro atoms. The Morgan fingerprint density at radius 2 is 1.89 bits per heavy atom. The molecule has 19 heavy (non-hydrogen) atoms. The number of hydrogen-bond acceptors (Lipinski definition) is 2. The van der Waals surface area contributed by atoms with Gasteiger partial charge >= 0.3 is 0 Å². The van der Waals surface area contributed by atoms with Crippen LogP contribution in [0, 0.1) is 25.5 Å². The maximum atomic E-state index is 13.5. The van der Waals surface area contributed by atoms with Gasteiger partial charge in [0.1, 0.15) is 11.6 Å². The van der Waals surface area contributed by atoms with Gasteiger partial charge in [-0.3, -0.25) is 4.98 Å². The van der Waals surface area contributed by atoms with Crippen molar-refractivity contribution in [3.05, 3.63) is 64.5 Å². The third kappa shape index (κ3) is 3.15. The van der Waals surface area contributed by atoms with Crippen LogP contribution in [0.5, 0.6) is 0 Å². The Morgan fingerprint density at radius 3 is 2.58 bits per heavy atom. The molecule has 0 fully saturated rings. The van der Waals surface area contributed by atoms with E-state index in [2.05, 4.69) is 4.98 Å². The first-order valence-electron chi connectivity index (χ1n) is 6.03. The molecule has 0 aliphatic carbocycles. The van der Waals surface area contributed by atoms with Crippen LogP contribution in [-0.4, -0.2) is 10.1 Å². The van der Waals surface area contributed by atoms with Crippen LogP contribution in [0.15, 0.2) is 30.3 Å². The van der Waals surface area contributed by atoms with Crippen LogP contribution >= 0.6 is 0 Å². The highest BCUT2D eigenvalue weighted by atomic mass is 19.1. The molecule has 1 unspecified atom stereocenters. The van der Waals surface area contributed by atoms with E-state index >= 15 is 0 Å². The van der Waals surface area contributed by atoms with E-state index in [1.54, 1.807) is 19.1 Å². The zero-order chi connectivity index (χ0) is 14.0. The first kappa shape index (κ1) is 13.6. The van der Waals surface area contributed by atoms with Gasteiger partial charge in [0.25, 0.3) is 0 Å². The molecule has 2 rings (SSSR count). The van der Waals surface area contributed by atoms with Crippen molar-refractivity contribution < 1.29 is 13.9 Å². The number of pyridine rings is 1. The molecule has 0 saturated heterocycles. The fraction of sp³-hybridized carbons (Fsp3) is 0.267. The second-order valence-corrected chi connectivity index (χ2v) is 4.58. The van der Waals surface area contributed by atoms with Crippen LogP contribution in [0.25, 0.3) is 0 Å². The summed E-state index contributed by atoms with van der Waals surface area (Å²) in [6.07, 6.45) is -0.876. The van der Waals surface area contributed by atoms with E-state index < -0.39 is 17.7 Å². The monoisotopic (exact) mass is 263 g/mol. The SMILES string of the molecule is Cc1ccc(C(O)Cc2cc(F)ccc2F)c(C)n1. The normalized spacial score (nSPS) is 12.5. The number of aromatic nitrogens is 1. The minimum absolute atomic E-state index is 0.0230. The van der Waals surface area contributed by atoms with E-state index in [0.717, 1.165) is 23.9 Å². The average molecular weight is 263 g/mol. The van der Waals surface area contributed by atoms with Crippen molar-refractivity contribution in [2.24, 2.45) is 0 Å². The second-order valence-electron chi connectivity index (χ2n) is 4.58. The van der Waals surface area contributed by atoms with Crippen molar-refractivity contribution >= 4 is 0 Å². The van der Waals surface area contributed by atoms with E-state index in [-0.39, 0.29) is 12.0 Å². The molecule has 2 nitrogen and oxygen atoms in total. The number of hydrogen-bond donors (Lipinski definition) is 1. The largest absolute Gasteiger partial charge is 0.388 e. The number of aryl methyl sites for hydroxylation is 2. The van der Waals surface area contributed by atoms with Gasteiger partial charge < -0.3 is 5.11 Å². The van der Waals surface area contributed by atoms with Crippen molar-refractivity contribution in [3.63, 3.8) is 0 Å². The molecule has 0 aliphatic heterocycles. The highest BCUT2D eigenvalue weighted by Crippen LogP contribution is 2.22.